The van der Waals surface area contributed by atoms with Crippen molar-refractivity contribution in [2.75, 3.05) is 34.7 Å². The maximum atomic E-state index is 13.1. The summed E-state index contributed by atoms with van der Waals surface area (Å²) in [5.74, 6) is 2.22. The van der Waals surface area contributed by atoms with Crippen LogP contribution in [0.2, 0.25) is 0 Å². The van der Waals surface area contributed by atoms with Crippen LogP contribution in [0.15, 0.2) is 52.2 Å². The quantitative estimate of drug-likeness (QED) is 0.413. The highest BCUT2D eigenvalue weighted by Crippen LogP contribution is 2.50. The molecule has 0 heterocycles. The zero-order valence-corrected chi connectivity index (χ0v) is 22.0. The molecule has 0 amide bonds. The lowest BCUT2D eigenvalue weighted by Gasteiger charge is -2.20. The number of aryl methyl sites for hydroxylation is 1. The number of rotatable bonds is 8. The molecule has 7 nitrogen and oxygen atoms in total. The monoisotopic (exact) mass is 509 g/mol. The summed E-state index contributed by atoms with van der Waals surface area (Å²) in [6, 6.07) is 12.8. The van der Waals surface area contributed by atoms with Crippen molar-refractivity contribution < 1.29 is 24.1 Å². The molecule has 0 saturated carbocycles. The zero-order chi connectivity index (χ0) is 25.8. The number of hydrogen-bond acceptors (Lipinski definition) is 8. The van der Waals surface area contributed by atoms with Gasteiger partial charge in [-0.05, 0) is 71.7 Å². The number of nitrogens with one attached hydrogen (secondary N) is 1. The SMILES string of the molecule is COc1ccc(CN[C@H]2CCc3cc(OC)c(OC)c(OC)c3-c3ccc(SC)c(=O)cc32)cc1O. The Morgan fingerprint density at radius 2 is 1.69 bits per heavy atom. The molecule has 0 fully saturated rings. The third-order valence-electron chi connectivity index (χ3n) is 6.52. The predicted octanol–water partition coefficient (Wildman–Crippen LogP) is 4.95. The topological polar surface area (TPSA) is 86.3 Å². The average Bonchev–Trinajstić information content (AvgIpc) is 3.14. The van der Waals surface area contributed by atoms with E-state index in [0.29, 0.717) is 34.4 Å². The maximum absolute atomic E-state index is 13.1. The molecule has 1 atom stereocenters. The molecule has 0 unspecified atom stereocenters. The van der Waals surface area contributed by atoms with Crippen LogP contribution in [0.4, 0.5) is 0 Å². The minimum atomic E-state index is -0.117. The minimum Gasteiger partial charge on any atom is -0.504 e. The Morgan fingerprint density at radius 3 is 2.33 bits per heavy atom. The summed E-state index contributed by atoms with van der Waals surface area (Å²) in [6.45, 7) is 0.504. The lowest BCUT2D eigenvalue weighted by atomic mass is 9.95. The lowest BCUT2D eigenvalue weighted by molar-refractivity contribution is 0.324. The number of benzene rings is 2. The standard InChI is InChI=1S/C28H31NO6S/c1-32-23-10-6-16(12-21(23)30)15-29-20-9-7-17-13-24(33-2)27(34-3)28(35-4)26(17)18-8-11-25(36-5)22(31)14-19(18)20/h6,8,10-14,20,29-30H,7,9,15H2,1-5H3/t20-/m0/s1. The fourth-order valence-corrected chi connectivity index (χ4v) is 5.23. The maximum Gasteiger partial charge on any atom is 0.203 e. The van der Waals surface area contributed by atoms with Gasteiger partial charge in [0.05, 0.1) is 33.3 Å². The molecule has 190 valence electrons. The van der Waals surface area contributed by atoms with Crippen LogP contribution in [0.3, 0.4) is 0 Å². The number of phenols is 1. The molecule has 0 spiro atoms. The summed E-state index contributed by atoms with van der Waals surface area (Å²) in [6.07, 6.45) is 3.38. The molecule has 1 aliphatic carbocycles. The second-order valence-corrected chi connectivity index (χ2v) is 9.29. The second kappa shape index (κ2) is 11.1. The molecule has 0 aromatic heterocycles. The molecule has 0 saturated heterocycles. The average molecular weight is 510 g/mol. The Balaban J connectivity index is 1.85. The predicted molar refractivity (Wildman–Crippen MR) is 142 cm³/mol. The normalized spacial score (nSPS) is 14.3. The molecular formula is C28H31NO6S. The van der Waals surface area contributed by atoms with Crippen LogP contribution >= 0.6 is 11.8 Å². The van der Waals surface area contributed by atoms with Crippen LogP contribution < -0.4 is 29.7 Å². The van der Waals surface area contributed by atoms with Crippen molar-refractivity contribution >= 4 is 11.8 Å². The smallest absolute Gasteiger partial charge is 0.203 e. The van der Waals surface area contributed by atoms with E-state index in [4.69, 9.17) is 18.9 Å². The van der Waals surface area contributed by atoms with Crippen molar-refractivity contribution in [3.63, 3.8) is 0 Å². The van der Waals surface area contributed by atoms with Crippen molar-refractivity contribution in [3.05, 3.63) is 69.4 Å². The third-order valence-corrected chi connectivity index (χ3v) is 7.29. The van der Waals surface area contributed by atoms with Gasteiger partial charge in [-0.2, -0.15) is 0 Å². The van der Waals surface area contributed by atoms with Crippen molar-refractivity contribution in [2.24, 2.45) is 0 Å². The van der Waals surface area contributed by atoms with E-state index < -0.39 is 0 Å². The summed E-state index contributed by atoms with van der Waals surface area (Å²) in [5.41, 5.74) is 4.64. The number of aromatic hydroxyl groups is 1. The van der Waals surface area contributed by atoms with E-state index in [1.54, 1.807) is 39.5 Å². The Kier molecular flexibility index (Phi) is 7.96. The molecule has 8 heteroatoms. The largest absolute Gasteiger partial charge is 0.504 e. The van der Waals surface area contributed by atoms with E-state index in [-0.39, 0.29) is 17.2 Å². The number of ether oxygens (including phenoxy) is 4. The Bertz CT molecular complexity index is 1330. The van der Waals surface area contributed by atoms with Gasteiger partial charge in [-0.3, -0.25) is 4.79 Å². The van der Waals surface area contributed by atoms with Crippen LogP contribution in [0.1, 0.15) is 29.2 Å². The number of thioether (sulfide) groups is 1. The van der Waals surface area contributed by atoms with Crippen molar-refractivity contribution in [1.82, 2.24) is 5.32 Å². The summed E-state index contributed by atoms with van der Waals surface area (Å²) in [4.78, 5) is 13.8. The van der Waals surface area contributed by atoms with E-state index in [9.17, 15) is 9.90 Å². The van der Waals surface area contributed by atoms with Crippen molar-refractivity contribution in [1.29, 1.82) is 0 Å². The first kappa shape index (κ1) is 25.7. The molecule has 3 aromatic carbocycles. The third kappa shape index (κ3) is 4.83. The molecular weight excluding hydrogens is 478 g/mol. The van der Waals surface area contributed by atoms with Crippen LogP contribution in [0, 0.1) is 0 Å². The summed E-state index contributed by atoms with van der Waals surface area (Å²) in [7, 11) is 6.33. The van der Waals surface area contributed by atoms with E-state index in [2.05, 4.69) is 5.32 Å². The van der Waals surface area contributed by atoms with Crippen LogP contribution in [0.5, 0.6) is 28.7 Å². The molecule has 4 rings (SSSR count). The van der Waals surface area contributed by atoms with E-state index >= 15 is 0 Å². The molecule has 0 aliphatic heterocycles. The van der Waals surface area contributed by atoms with Crippen molar-refractivity contribution in [2.45, 2.75) is 30.3 Å². The van der Waals surface area contributed by atoms with E-state index in [1.807, 2.05) is 30.5 Å². The fraction of sp³-hybridized carbons (Fsp3) is 0.321. The lowest BCUT2D eigenvalue weighted by Crippen LogP contribution is -2.22. The van der Waals surface area contributed by atoms with Crippen LogP contribution in [-0.4, -0.2) is 39.8 Å². The van der Waals surface area contributed by atoms with Gasteiger partial charge in [-0.25, -0.2) is 0 Å². The van der Waals surface area contributed by atoms with Gasteiger partial charge in [0, 0.05) is 18.2 Å². The van der Waals surface area contributed by atoms with Crippen LogP contribution in [0.25, 0.3) is 11.1 Å². The van der Waals surface area contributed by atoms with Crippen molar-refractivity contribution in [3.8, 4) is 39.9 Å². The number of fused-ring (bicyclic) bond motifs is 3. The zero-order valence-electron chi connectivity index (χ0n) is 21.1. The van der Waals surface area contributed by atoms with Gasteiger partial charge in [-0.1, -0.05) is 12.1 Å². The summed E-state index contributed by atoms with van der Waals surface area (Å²) < 4.78 is 22.3. The van der Waals surface area contributed by atoms with Gasteiger partial charge in [-0.15, -0.1) is 11.8 Å². The van der Waals surface area contributed by atoms with Gasteiger partial charge in [0.15, 0.2) is 28.4 Å². The first-order valence-corrected chi connectivity index (χ1v) is 12.8. The first-order valence-electron chi connectivity index (χ1n) is 11.6. The summed E-state index contributed by atoms with van der Waals surface area (Å²) in [5, 5.41) is 13.8. The molecule has 2 N–H and O–H groups in total. The highest BCUT2D eigenvalue weighted by Gasteiger charge is 2.29. The number of methoxy groups -OCH3 is 4. The van der Waals surface area contributed by atoms with Gasteiger partial charge in [0.1, 0.15) is 0 Å². The Morgan fingerprint density at radius 1 is 0.944 bits per heavy atom. The molecule has 3 aromatic rings. The van der Waals surface area contributed by atoms with E-state index in [0.717, 1.165) is 40.7 Å². The highest BCUT2D eigenvalue weighted by atomic mass is 32.2. The highest BCUT2D eigenvalue weighted by molar-refractivity contribution is 7.98. The Hall–Kier alpha value is -3.36. The Labute approximate surface area is 215 Å². The van der Waals surface area contributed by atoms with Gasteiger partial charge < -0.3 is 29.4 Å². The minimum absolute atomic E-state index is 0.0273. The molecule has 0 radical (unpaired) electrons. The first-order chi connectivity index (χ1) is 17.4. The fourth-order valence-electron chi connectivity index (χ4n) is 4.77. The van der Waals surface area contributed by atoms with Crippen LogP contribution in [-0.2, 0) is 13.0 Å². The molecule has 1 aliphatic rings. The van der Waals surface area contributed by atoms with E-state index in [1.165, 1.54) is 18.9 Å². The summed E-state index contributed by atoms with van der Waals surface area (Å²) >= 11 is 1.43. The van der Waals surface area contributed by atoms with Gasteiger partial charge >= 0.3 is 0 Å². The molecule has 36 heavy (non-hydrogen) atoms. The number of hydrogen-bond donors (Lipinski definition) is 2. The van der Waals surface area contributed by atoms with Gasteiger partial charge in [0.2, 0.25) is 5.75 Å². The number of phenolic OH excluding ortho intramolecular Hbond substituents is 1. The van der Waals surface area contributed by atoms with Gasteiger partial charge in [0.25, 0.3) is 0 Å². The second-order valence-electron chi connectivity index (χ2n) is 8.44. The molecule has 0 bridgehead atoms.